The third-order valence-electron chi connectivity index (χ3n) is 4.36. The summed E-state index contributed by atoms with van der Waals surface area (Å²) in [6.45, 7) is 0.404. The average Bonchev–Trinajstić information content (AvgIpc) is 2.91. The SMILES string of the molecule is NC(=O)c1cccc2c1c1[c]c(F)ccc1n2Cc1cc(Cl)ccc1Cl. The maximum absolute atomic E-state index is 13.8. The van der Waals surface area contributed by atoms with Crippen molar-refractivity contribution in [2.45, 2.75) is 6.54 Å². The number of rotatable bonds is 3. The maximum Gasteiger partial charge on any atom is 0.249 e. The minimum absolute atomic E-state index is 0.324. The summed E-state index contributed by atoms with van der Waals surface area (Å²) in [4.78, 5) is 11.9. The molecule has 0 fully saturated rings. The molecule has 0 spiro atoms. The zero-order valence-electron chi connectivity index (χ0n) is 13.4. The Kier molecular flexibility index (Phi) is 4.10. The first-order valence-electron chi connectivity index (χ1n) is 7.82. The van der Waals surface area contributed by atoms with E-state index in [1.807, 2.05) is 10.6 Å². The molecule has 0 aliphatic rings. The number of fused-ring (bicyclic) bond motifs is 3. The van der Waals surface area contributed by atoms with Crippen molar-refractivity contribution in [1.29, 1.82) is 0 Å². The van der Waals surface area contributed by atoms with Gasteiger partial charge >= 0.3 is 0 Å². The van der Waals surface area contributed by atoms with E-state index < -0.39 is 11.7 Å². The number of halogens is 3. The van der Waals surface area contributed by atoms with Gasteiger partial charge < -0.3 is 10.3 Å². The highest BCUT2D eigenvalue weighted by Crippen LogP contribution is 2.33. The van der Waals surface area contributed by atoms with Crippen molar-refractivity contribution in [3.05, 3.63) is 81.6 Å². The molecule has 26 heavy (non-hydrogen) atoms. The normalized spacial score (nSPS) is 11.3. The maximum atomic E-state index is 13.8. The van der Waals surface area contributed by atoms with Gasteiger partial charge in [-0.3, -0.25) is 4.79 Å². The Bertz CT molecular complexity index is 1180. The van der Waals surface area contributed by atoms with Crippen LogP contribution in [0, 0.1) is 11.9 Å². The van der Waals surface area contributed by atoms with Crippen molar-refractivity contribution in [2.75, 3.05) is 0 Å². The number of nitrogens with two attached hydrogens (primary N) is 1. The lowest BCUT2D eigenvalue weighted by atomic mass is 10.1. The fraction of sp³-hybridized carbons (Fsp3) is 0.0500. The summed E-state index contributed by atoms with van der Waals surface area (Å²) < 4.78 is 15.8. The van der Waals surface area contributed by atoms with Crippen LogP contribution in [-0.2, 0) is 6.54 Å². The molecule has 1 radical (unpaired) electrons. The minimum atomic E-state index is -0.576. The van der Waals surface area contributed by atoms with Gasteiger partial charge in [0, 0.05) is 39.0 Å². The minimum Gasteiger partial charge on any atom is -0.366 e. The monoisotopic (exact) mass is 385 g/mol. The Hall–Kier alpha value is -2.56. The molecule has 3 nitrogen and oxygen atoms in total. The summed E-state index contributed by atoms with van der Waals surface area (Å²) in [5, 5.41) is 2.22. The first kappa shape index (κ1) is 16.9. The van der Waals surface area contributed by atoms with E-state index in [0.29, 0.717) is 32.9 Å². The van der Waals surface area contributed by atoms with Gasteiger partial charge in [-0.05, 0) is 48.0 Å². The smallest absolute Gasteiger partial charge is 0.249 e. The van der Waals surface area contributed by atoms with Crippen molar-refractivity contribution in [3.8, 4) is 0 Å². The topological polar surface area (TPSA) is 48.0 Å². The molecule has 4 aromatic rings. The number of primary amides is 1. The van der Waals surface area contributed by atoms with Crippen LogP contribution in [0.5, 0.6) is 0 Å². The van der Waals surface area contributed by atoms with Gasteiger partial charge in [0.1, 0.15) is 5.82 Å². The second kappa shape index (κ2) is 6.31. The van der Waals surface area contributed by atoms with Crippen LogP contribution in [0.1, 0.15) is 15.9 Å². The van der Waals surface area contributed by atoms with Gasteiger partial charge in [-0.25, -0.2) is 4.39 Å². The van der Waals surface area contributed by atoms with Crippen molar-refractivity contribution in [1.82, 2.24) is 4.57 Å². The van der Waals surface area contributed by atoms with Crippen molar-refractivity contribution in [3.63, 3.8) is 0 Å². The molecule has 2 N–H and O–H groups in total. The standard InChI is InChI=1S/C20H12Cl2FN2O/c21-12-4-6-16(22)11(8-12)10-25-17-7-5-13(23)9-15(17)19-14(20(24)26)2-1-3-18(19)25/h1-8H,10H2,(H2,24,26). The first-order chi connectivity index (χ1) is 12.5. The van der Waals surface area contributed by atoms with Crippen LogP contribution in [0.4, 0.5) is 4.39 Å². The molecule has 1 heterocycles. The molecule has 0 aliphatic heterocycles. The number of hydrogen-bond acceptors (Lipinski definition) is 1. The van der Waals surface area contributed by atoms with E-state index in [-0.39, 0.29) is 0 Å². The molecule has 0 bridgehead atoms. The number of hydrogen-bond donors (Lipinski definition) is 1. The van der Waals surface area contributed by atoms with E-state index in [9.17, 15) is 9.18 Å². The van der Waals surface area contributed by atoms with Gasteiger partial charge in [0.2, 0.25) is 5.91 Å². The molecule has 3 aromatic carbocycles. The largest absolute Gasteiger partial charge is 0.366 e. The van der Waals surface area contributed by atoms with Crippen molar-refractivity contribution in [2.24, 2.45) is 5.73 Å². The third-order valence-corrected chi connectivity index (χ3v) is 4.97. The molecular weight excluding hydrogens is 374 g/mol. The zero-order valence-corrected chi connectivity index (χ0v) is 14.9. The van der Waals surface area contributed by atoms with Gasteiger partial charge in [-0.2, -0.15) is 0 Å². The van der Waals surface area contributed by atoms with Gasteiger partial charge in [0.15, 0.2) is 0 Å². The summed E-state index contributed by atoms with van der Waals surface area (Å²) in [5.41, 5.74) is 8.13. The van der Waals surface area contributed by atoms with Crippen LogP contribution in [0.15, 0.2) is 48.5 Å². The lowest BCUT2D eigenvalue weighted by molar-refractivity contribution is 0.100. The van der Waals surface area contributed by atoms with Crippen molar-refractivity contribution >= 4 is 50.9 Å². The molecule has 0 aliphatic carbocycles. The highest BCUT2D eigenvalue weighted by molar-refractivity contribution is 6.33. The highest BCUT2D eigenvalue weighted by Gasteiger charge is 2.18. The van der Waals surface area contributed by atoms with Gasteiger partial charge in [0.05, 0.1) is 11.0 Å². The number of carbonyl (C=O) groups is 1. The molecule has 1 aromatic heterocycles. The van der Waals surface area contributed by atoms with Crippen LogP contribution >= 0.6 is 23.2 Å². The summed E-state index contributed by atoms with van der Waals surface area (Å²) >= 11 is 12.4. The highest BCUT2D eigenvalue weighted by atomic mass is 35.5. The molecule has 129 valence electrons. The fourth-order valence-corrected chi connectivity index (χ4v) is 3.62. The second-order valence-electron chi connectivity index (χ2n) is 5.95. The number of aromatic nitrogens is 1. The Balaban J connectivity index is 2.06. The molecule has 0 saturated carbocycles. The fourth-order valence-electron chi connectivity index (χ4n) is 3.24. The number of benzene rings is 3. The summed E-state index contributed by atoms with van der Waals surface area (Å²) in [5.74, 6) is -1.08. The molecular formula is C20H12Cl2FN2O. The quantitative estimate of drug-likeness (QED) is 0.518. The van der Waals surface area contributed by atoms with E-state index in [4.69, 9.17) is 28.9 Å². The number of nitrogens with zero attached hydrogens (tertiary/aromatic N) is 1. The van der Waals surface area contributed by atoms with Crippen LogP contribution in [0.3, 0.4) is 0 Å². The molecule has 0 atom stereocenters. The van der Waals surface area contributed by atoms with Gasteiger partial charge in [-0.15, -0.1) is 0 Å². The van der Waals surface area contributed by atoms with E-state index >= 15 is 0 Å². The van der Waals surface area contributed by atoms with Crippen LogP contribution in [-0.4, -0.2) is 10.5 Å². The van der Waals surface area contributed by atoms with Gasteiger partial charge in [0.25, 0.3) is 0 Å². The number of amides is 1. The third kappa shape index (κ3) is 2.71. The molecule has 6 heteroatoms. The predicted molar refractivity (Wildman–Crippen MR) is 102 cm³/mol. The average molecular weight is 386 g/mol. The zero-order chi connectivity index (χ0) is 18.4. The molecule has 0 saturated heterocycles. The Morgan fingerprint density at radius 3 is 2.69 bits per heavy atom. The Morgan fingerprint density at radius 1 is 1.12 bits per heavy atom. The molecule has 4 rings (SSSR count). The lowest BCUT2D eigenvalue weighted by Gasteiger charge is -2.10. The molecule has 1 amide bonds. The van der Waals surface area contributed by atoms with E-state index in [0.717, 1.165) is 16.6 Å². The first-order valence-corrected chi connectivity index (χ1v) is 8.58. The second-order valence-corrected chi connectivity index (χ2v) is 6.80. The number of carbonyl (C=O) groups excluding carboxylic acids is 1. The lowest BCUT2D eigenvalue weighted by Crippen LogP contribution is -2.11. The van der Waals surface area contributed by atoms with Crippen LogP contribution in [0.25, 0.3) is 21.8 Å². The summed E-state index contributed by atoms with van der Waals surface area (Å²) in [6.07, 6.45) is 0. The Morgan fingerprint density at radius 2 is 1.92 bits per heavy atom. The van der Waals surface area contributed by atoms with E-state index in [1.165, 1.54) is 6.07 Å². The summed E-state index contributed by atoms with van der Waals surface area (Å²) in [7, 11) is 0. The molecule has 0 unspecified atom stereocenters. The van der Waals surface area contributed by atoms with Crippen LogP contribution < -0.4 is 5.73 Å². The van der Waals surface area contributed by atoms with E-state index in [1.54, 1.807) is 36.4 Å². The van der Waals surface area contributed by atoms with Crippen LogP contribution in [0.2, 0.25) is 10.0 Å². The van der Waals surface area contributed by atoms with Crippen molar-refractivity contribution < 1.29 is 9.18 Å². The van der Waals surface area contributed by atoms with Gasteiger partial charge in [-0.1, -0.05) is 29.3 Å². The van der Waals surface area contributed by atoms with E-state index in [2.05, 4.69) is 6.07 Å². The predicted octanol–water partition coefficient (Wildman–Crippen LogP) is 5.19. The Labute approximate surface area is 158 Å². The summed E-state index contributed by atoms with van der Waals surface area (Å²) in [6, 6.07) is 16.1.